The SMILES string of the molecule is CC(NC(=O)c1ccc(Oc2ccc(N(CCCl)CCCl)c3ccccc23)cc1)C(=O)NC(CCC(=O)O)C(=O)O. The van der Waals surface area contributed by atoms with Crippen molar-refractivity contribution in [2.24, 2.45) is 0 Å². The molecule has 0 aliphatic carbocycles. The van der Waals surface area contributed by atoms with Crippen LogP contribution in [0.4, 0.5) is 5.69 Å². The summed E-state index contributed by atoms with van der Waals surface area (Å²) in [7, 11) is 0. The normalized spacial score (nSPS) is 12.3. The first-order chi connectivity index (χ1) is 19.6. The number of ether oxygens (including phenoxy) is 1. The largest absolute Gasteiger partial charge is 0.481 e. The molecule has 2 unspecified atom stereocenters. The summed E-state index contributed by atoms with van der Waals surface area (Å²) >= 11 is 12.0. The van der Waals surface area contributed by atoms with Gasteiger partial charge in [0.05, 0.1) is 0 Å². The zero-order chi connectivity index (χ0) is 29.9. The summed E-state index contributed by atoms with van der Waals surface area (Å²) in [6.45, 7) is 2.69. The molecule has 0 bridgehead atoms. The Morgan fingerprint density at radius 1 is 0.878 bits per heavy atom. The summed E-state index contributed by atoms with van der Waals surface area (Å²) in [5, 5.41) is 24.6. The molecule has 10 nitrogen and oxygen atoms in total. The van der Waals surface area contributed by atoms with Crippen molar-refractivity contribution in [1.29, 1.82) is 0 Å². The molecule has 218 valence electrons. The topological polar surface area (TPSA) is 145 Å². The monoisotopic (exact) mass is 603 g/mol. The highest BCUT2D eigenvalue weighted by molar-refractivity contribution is 6.18. The van der Waals surface area contributed by atoms with E-state index in [1.807, 2.05) is 36.4 Å². The fraction of sp³-hybridized carbons (Fsp3) is 0.310. The molecule has 0 radical (unpaired) electrons. The number of carboxylic acids is 2. The van der Waals surface area contributed by atoms with Crippen molar-refractivity contribution in [3.8, 4) is 11.5 Å². The van der Waals surface area contributed by atoms with Crippen LogP contribution in [0.3, 0.4) is 0 Å². The molecule has 0 saturated carbocycles. The van der Waals surface area contributed by atoms with Crippen LogP contribution < -0.4 is 20.3 Å². The number of amides is 2. The lowest BCUT2D eigenvalue weighted by Gasteiger charge is -2.25. The van der Waals surface area contributed by atoms with Crippen molar-refractivity contribution in [2.45, 2.75) is 31.8 Å². The fourth-order valence-corrected chi connectivity index (χ4v) is 4.55. The third-order valence-electron chi connectivity index (χ3n) is 6.26. The van der Waals surface area contributed by atoms with Crippen molar-refractivity contribution in [3.63, 3.8) is 0 Å². The lowest BCUT2D eigenvalue weighted by atomic mass is 10.1. The maximum atomic E-state index is 12.7. The number of fused-ring (bicyclic) bond motifs is 1. The van der Waals surface area contributed by atoms with E-state index >= 15 is 0 Å². The van der Waals surface area contributed by atoms with Crippen LogP contribution in [-0.4, -0.2) is 70.9 Å². The number of benzene rings is 3. The number of hydrogen-bond donors (Lipinski definition) is 4. The number of hydrogen-bond acceptors (Lipinski definition) is 6. The van der Waals surface area contributed by atoms with E-state index in [9.17, 15) is 24.3 Å². The van der Waals surface area contributed by atoms with Gasteiger partial charge in [0.1, 0.15) is 23.6 Å². The summed E-state index contributed by atoms with van der Waals surface area (Å²) < 4.78 is 6.14. The molecule has 0 saturated heterocycles. The molecule has 2 amide bonds. The Bertz CT molecular complexity index is 1380. The van der Waals surface area contributed by atoms with E-state index in [1.54, 1.807) is 24.3 Å². The number of carbonyl (C=O) groups is 4. The number of anilines is 1. The Kier molecular flexibility index (Phi) is 11.6. The van der Waals surface area contributed by atoms with E-state index in [2.05, 4.69) is 15.5 Å². The fourth-order valence-electron chi connectivity index (χ4n) is 4.15. The summed E-state index contributed by atoms with van der Waals surface area (Å²) in [4.78, 5) is 49.3. The summed E-state index contributed by atoms with van der Waals surface area (Å²) in [5.41, 5.74) is 1.26. The molecular formula is C29H31Cl2N3O7. The van der Waals surface area contributed by atoms with Crippen molar-refractivity contribution >= 4 is 63.4 Å². The van der Waals surface area contributed by atoms with Gasteiger partial charge in [-0.25, -0.2) is 4.79 Å². The summed E-state index contributed by atoms with van der Waals surface area (Å²) in [6.07, 6.45) is -0.706. The van der Waals surface area contributed by atoms with Gasteiger partial charge in [-0.15, -0.1) is 23.2 Å². The molecule has 0 aliphatic rings. The lowest BCUT2D eigenvalue weighted by molar-refractivity contribution is -0.143. The molecule has 41 heavy (non-hydrogen) atoms. The number of alkyl halides is 2. The van der Waals surface area contributed by atoms with Gasteiger partial charge in [0.25, 0.3) is 5.91 Å². The maximum Gasteiger partial charge on any atom is 0.326 e. The van der Waals surface area contributed by atoms with Gasteiger partial charge in [-0.05, 0) is 49.7 Å². The quantitative estimate of drug-likeness (QED) is 0.186. The Hall–Kier alpha value is -4.02. The van der Waals surface area contributed by atoms with Gasteiger partial charge >= 0.3 is 11.9 Å². The number of halogens is 2. The Balaban J connectivity index is 1.68. The molecule has 0 aromatic heterocycles. The summed E-state index contributed by atoms with van der Waals surface area (Å²) in [5.74, 6) is -1.80. The zero-order valence-corrected chi connectivity index (χ0v) is 23.8. The van der Waals surface area contributed by atoms with Crippen LogP contribution in [0.1, 0.15) is 30.1 Å². The first kappa shape index (κ1) is 31.5. The predicted molar refractivity (Wildman–Crippen MR) is 157 cm³/mol. The molecule has 3 aromatic carbocycles. The average Bonchev–Trinajstić information content (AvgIpc) is 2.95. The number of nitrogens with one attached hydrogen (secondary N) is 2. The number of rotatable bonds is 15. The molecule has 3 rings (SSSR count). The molecule has 0 heterocycles. The van der Waals surface area contributed by atoms with Gasteiger partial charge in [-0.2, -0.15) is 0 Å². The van der Waals surface area contributed by atoms with Crippen molar-refractivity contribution in [1.82, 2.24) is 10.6 Å². The molecule has 0 fully saturated rings. The van der Waals surface area contributed by atoms with Crippen LogP contribution in [0, 0.1) is 0 Å². The van der Waals surface area contributed by atoms with Crippen molar-refractivity contribution < 1.29 is 34.1 Å². The van der Waals surface area contributed by atoms with E-state index in [-0.39, 0.29) is 12.0 Å². The first-order valence-corrected chi connectivity index (χ1v) is 13.9. The second-order valence-electron chi connectivity index (χ2n) is 9.15. The van der Waals surface area contributed by atoms with Gasteiger partial charge in [0.2, 0.25) is 5.91 Å². The van der Waals surface area contributed by atoms with Crippen LogP contribution in [0.5, 0.6) is 11.5 Å². The zero-order valence-electron chi connectivity index (χ0n) is 22.3. The highest BCUT2D eigenvalue weighted by atomic mass is 35.5. The highest BCUT2D eigenvalue weighted by Gasteiger charge is 2.25. The molecule has 0 spiro atoms. The van der Waals surface area contributed by atoms with E-state index in [0.29, 0.717) is 36.3 Å². The van der Waals surface area contributed by atoms with Crippen LogP contribution in [0.2, 0.25) is 0 Å². The molecular weight excluding hydrogens is 573 g/mol. The van der Waals surface area contributed by atoms with Crippen LogP contribution in [0.15, 0.2) is 60.7 Å². The van der Waals surface area contributed by atoms with E-state index in [1.165, 1.54) is 6.92 Å². The third-order valence-corrected chi connectivity index (χ3v) is 6.60. The first-order valence-electron chi connectivity index (χ1n) is 12.9. The summed E-state index contributed by atoms with van der Waals surface area (Å²) in [6, 6.07) is 15.5. The van der Waals surface area contributed by atoms with Gasteiger partial charge in [0, 0.05) is 53.3 Å². The minimum atomic E-state index is -1.39. The van der Waals surface area contributed by atoms with Crippen LogP contribution in [-0.2, 0) is 14.4 Å². The minimum Gasteiger partial charge on any atom is -0.481 e. The number of carbonyl (C=O) groups excluding carboxylic acids is 2. The van der Waals surface area contributed by atoms with Crippen LogP contribution in [0.25, 0.3) is 10.8 Å². The molecule has 4 N–H and O–H groups in total. The Morgan fingerprint density at radius 2 is 1.51 bits per heavy atom. The van der Waals surface area contributed by atoms with Crippen molar-refractivity contribution in [3.05, 3.63) is 66.2 Å². The van der Waals surface area contributed by atoms with E-state index in [0.717, 1.165) is 16.5 Å². The van der Waals surface area contributed by atoms with Crippen LogP contribution >= 0.6 is 23.2 Å². The van der Waals surface area contributed by atoms with Gasteiger partial charge < -0.3 is 30.5 Å². The second kappa shape index (κ2) is 15.1. The third kappa shape index (κ3) is 8.73. The molecule has 12 heteroatoms. The number of aliphatic carboxylic acids is 2. The van der Waals surface area contributed by atoms with E-state index < -0.39 is 42.3 Å². The standard InChI is InChI=1S/C29H31Cl2N3O7/c1-18(27(37)33-23(29(39)40)10-13-26(35)36)32-28(38)19-6-8-20(9-7-19)41-25-12-11-24(34(16-14-30)17-15-31)21-4-2-3-5-22(21)25/h2-9,11-12,18,23H,10,13-17H2,1H3,(H,32,38)(H,33,37)(H,35,36)(H,39,40). The Morgan fingerprint density at radius 3 is 2.10 bits per heavy atom. The molecule has 2 atom stereocenters. The van der Waals surface area contributed by atoms with E-state index in [4.69, 9.17) is 33.0 Å². The number of carboxylic acid groups (broad SMARTS) is 2. The predicted octanol–water partition coefficient (Wildman–Crippen LogP) is 4.47. The average molecular weight is 604 g/mol. The maximum absolute atomic E-state index is 12.7. The van der Waals surface area contributed by atoms with Gasteiger partial charge in [-0.3, -0.25) is 14.4 Å². The molecule has 3 aromatic rings. The number of nitrogens with zero attached hydrogens (tertiary/aromatic N) is 1. The smallest absolute Gasteiger partial charge is 0.326 e. The van der Waals surface area contributed by atoms with Gasteiger partial charge in [0.15, 0.2) is 0 Å². The molecule has 0 aliphatic heterocycles. The highest BCUT2D eigenvalue weighted by Crippen LogP contribution is 2.36. The second-order valence-corrected chi connectivity index (χ2v) is 9.90. The minimum absolute atomic E-state index is 0.260. The van der Waals surface area contributed by atoms with Crippen molar-refractivity contribution in [2.75, 3.05) is 29.7 Å². The Labute approximate surface area is 247 Å². The lowest BCUT2D eigenvalue weighted by Crippen LogP contribution is -2.50. The van der Waals surface area contributed by atoms with Gasteiger partial charge in [-0.1, -0.05) is 24.3 Å².